The number of thiazole rings is 1. The molecule has 0 amide bonds. The van der Waals surface area contributed by atoms with Crippen LogP contribution in [0.3, 0.4) is 0 Å². The molecule has 144 valence electrons. The number of hydrogen-bond acceptors (Lipinski definition) is 7. The van der Waals surface area contributed by atoms with E-state index in [0.717, 1.165) is 23.5 Å². The van der Waals surface area contributed by atoms with E-state index in [0.29, 0.717) is 17.3 Å². The highest BCUT2D eigenvalue weighted by Gasteiger charge is 2.38. The first-order valence-electron chi connectivity index (χ1n) is 7.48. The minimum atomic E-state index is -4.89. The number of nitro benzene ring substituents is 2. The monoisotopic (exact) mass is 410 g/mol. The zero-order valence-electron chi connectivity index (χ0n) is 13.6. The average Bonchev–Trinajstić information content (AvgIpc) is 3.09. The van der Waals surface area contributed by atoms with Crippen molar-refractivity contribution in [2.75, 3.05) is 5.32 Å². The molecule has 1 N–H and O–H groups in total. The van der Waals surface area contributed by atoms with Gasteiger partial charge in [0.25, 0.3) is 11.4 Å². The lowest BCUT2D eigenvalue weighted by Gasteiger charge is -2.10. The molecule has 28 heavy (non-hydrogen) atoms. The molecule has 0 aliphatic carbocycles. The summed E-state index contributed by atoms with van der Waals surface area (Å²) in [6.07, 6.45) is -4.89. The number of anilines is 2. The van der Waals surface area contributed by atoms with Gasteiger partial charge in [-0.1, -0.05) is 12.1 Å². The second kappa shape index (κ2) is 7.23. The quantitative estimate of drug-likeness (QED) is 0.446. The molecule has 1 heterocycles. The molecule has 0 spiro atoms. The molecular weight excluding hydrogens is 401 g/mol. The second-order valence-corrected chi connectivity index (χ2v) is 6.32. The first-order valence-corrected chi connectivity index (χ1v) is 8.36. The number of non-ortho nitro benzene ring substituents is 1. The molecule has 1 aromatic heterocycles. The van der Waals surface area contributed by atoms with Crippen LogP contribution in [0.25, 0.3) is 11.3 Å². The minimum absolute atomic E-state index is 0.0298. The maximum absolute atomic E-state index is 13.1. The van der Waals surface area contributed by atoms with Crippen LogP contribution in [-0.2, 0) is 6.18 Å². The summed E-state index contributed by atoms with van der Waals surface area (Å²) in [6, 6.07) is 8.29. The largest absolute Gasteiger partial charge is 0.423 e. The Kier molecular flexibility index (Phi) is 4.96. The highest BCUT2D eigenvalue weighted by molar-refractivity contribution is 7.14. The van der Waals surface area contributed by atoms with Crippen molar-refractivity contribution in [2.24, 2.45) is 0 Å². The van der Waals surface area contributed by atoms with Crippen molar-refractivity contribution in [3.05, 3.63) is 73.6 Å². The van der Waals surface area contributed by atoms with E-state index < -0.39 is 27.3 Å². The minimum Gasteiger partial charge on any atom is -0.332 e. The molecule has 0 bridgehead atoms. The summed E-state index contributed by atoms with van der Waals surface area (Å²) in [6.45, 7) is 0. The van der Waals surface area contributed by atoms with Crippen LogP contribution in [0, 0.1) is 20.2 Å². The van der Waals surface area contributed by atoms with Crippen molar-refractivity contribution < 1.29 is 23.0 Å². The first kappa shape index (κ1) is 19.2. The Hall–Kier alpha value is -3.54. The van der Waals surface area contributed by atoms with Gasteiger partial charge in [-0.25, -0.2) is 4.98 Å². The Balaban J connectivity index is 1.89. The van der Waals surface area contributed by atoms with Gasteiger partial charge < -0.3 is 5.32 Å². The van der Waals surface area contributed by atoms with E-state index in [2.05, 4.69) is 10.3 Å². The number of nitro groups is 2. The van der Waals surface area contributed by atoms with Gasteiger partial charge in [0.15, 0.2) is 5.13 Å². The molecule has 0 saturated carbocycles. The van der Waals surface area contributed by atoms with Gasteiger partial charge in [-0.2, -0.15) is 13.2 Å². The summed E-state index contributed by atoms with van der Waals surface area (Å²) in [4.78, 5) is 24.2. The predicted octanol–water partition coefficient (Wildman–Crippen LogP) is 5.39. The fourth-order valence-electron chi connectivity index (χ4n) is 2.37. The Morgan fingerprint density at radius 1 is 1.04 bits per heavy atom. The number of halogens is 3. The van der Waals surface area contributed by atoms with Gasteiger partial charge in [0, 0.05) is 34.8 Å². The fourth-order valence-corrected chi connectivity index (χ4v) is 3.11. The zero-order chi connectivity index (χ0) is 20.5. The summed E-state index contributed by atoms with van der Waals surface area (Å²) in [5.74, 6) is 0. The Labute approximate surface area is 158 Å². The smallest absolute Gasteiger partial charge is 0.332 e. The van der Waals surface area contributed by atoms with Crippen molar-refractivity contribution in [1.82, 2.24) is 4.98 Å². The van der Waals surface area contributed by atoms with Gasteiger partial charge in [-0.15, -0.1) is 11.3 Å². The summed E-state index contributed by atoms with van der Waals surface area (Å²) >= 11 is 1.07. The molecule has 2 aromatic carbocycles. The number of aromatic nitrogens is 1. The number of hydrogen-bond donors (Lipinski definition) is 1. The zero-order valence-corrected chi connectivity index (χ0v) is 14.5. The van der Waals surface area contributed by atoms with E-state index in [-0.39, 0.29) is 16.5 Å². The van der Waals surface area contributed by atoms with Crippen molar-refractivity contribution in [3.8, 4) is 11.3 Å². The van der Waals surface area contributed by atoms with Crippen molar-refractivity contribution in [2.45, 2.75) is 6.18 Å². The van der Waals surface area contributed by atoms with Gasteiger partial charge in [0.1, 0.15) is 5.56 Å². The van der Waals surface area contributed by atoms with Crippen LogP contribution in [0.4, 0.5) is 35.4 Å². The van der Waals surface area contributed by atoms with E-state index in [1.54, 1.807) is 11.4 Å². The number of benzene rings is 2. The highest BCUT2D eigenvalue weighted by atomic mass is 32.1. The predicted molar refractivity (Wildman–Crippen MR) is 95.6 cm³/mol. The maximum Gasteiger partial charge on any atom is 0.423 e. The van der Waals surface area contributed by atoms with Crippen molar-refractivity contribution in [1.29, 1.82) is 0 Å². The number of alkyl halides is 3. The molecule has 3 aromatic rings. The summed E-state index contributed by atoms with van der Waals surface area (Å²) in [5, 5.41) is 26.1. The molecule has 12 heteroatoms. The second-order valence-electron chi connectivity index (χ2n) is 5.46. The van der Waals surface area contributed by atoms with Gasteiger partial charge in [0.2, 0.25) is 0 Å². The number of nitrogens with zero attached hydrogens (tertiary/aromatic N) is 3. The molecule has 3 rings (SSSR count). The summed E-state index contributed by atoms with van der Waals surface area (Å²) < 4.78 is 39.2. The van der Waals surface area contributed by atoms with Crippen molar-refractivity contribution in [3.63, 3.8) is 0 Å². The third-order valence-corrected chi connectivity index (χ3v) is 4.36. The lowest BCUT2D eigenvalue weighted by Crippen LogP contribution is -2.09. The van der Waals surface area contributed by atoms with E-state index >= 15 is 0 Å². The first-order chi connectivity index (χ1) is 13.1. The van der Waals surface area contributed by atoms with E-state index in [9.17, 15) is 33.4 Å². The molecule has 0 aliphatic rings. The Morgan fingerprint density at radius 2 is 1.79 bits per heavy atom. The van der Waals surface area contributed by atoms with Crippen LogP contribution < -0.4 is 5.32 Å². The van der Waals surface area contributed by atoms with Gasteiger partial charge >= 0.3 is 6.18 Å². The number of nitrogens with one attached hydrogen (secondary N) is 1. The molecule has 0 aliphatic heterocycles. The molecule has 0 fully saturated rings. The third kappa shape index (κ3) is 4.06. The Morgan fingerprint density at radius 3 is 2.43 bits per heavy atom. The van der Waals surface area contributed by atoms with Crippen LogP contribution in [0.2, 0.25) is 0 Å². The SMILES string of the molecule is O=[N+]([O-])c1cccc(-c2csc(Nc3ccc([N+](=O)[O-])c(C(F)(F)F)c3)n2)c1. The molecule has 0 saturated heterocycles. The molecular formula is C16H9F3N4O4S. The van der Waals surface area contributed by atoms with Crippen LogP contribution in [0.5, 0.6) is 0 Å². The topological polar surface area (TPSA) is 111 Å². The van der Waals surface area contributed by atoms with Gasteiger partial charge in [0.05, 0.1) is 15.5 Å². The number of rotatable bonds is 5. The lowest BCUT2D eigenvalue weighted by atomic mass is 10.1. The third-order valence-electron chi connectivity index (χ3n) is 3.61. The Bertz CT molecular complexity index is 1070. The average molecular weight is 410 g/mol. The van der Waals surface area contributed by atoms with Crippen LogP contribution >= 0.6 is 11.3 Å². The molecule has 0 radical (unpaired) electrons. The van der Waals surface area contributed by atoms with Gasteiger partial charge in [-0.3, -0.25) is 20.2 Å². The van der Waals surface area contributed by atoms with E-state index in [4.69, 9.17) is 0 Å². The van der Waals surface area contributed by atoms with Crippen LogP contribution in [-0.4, -0.2) is 14.8 Å². The highest BCUT2D eigenvalue weighted by Crippen LogP contribution is 2.38. The fraction of sp³-hybridized carbons (Fsp3) is 0.0625. The van der Waals surface area contributed by atoms with Gasteiger partial charge in [-0.05, 0) is 12.1 Å². The van der Waals surface area contributed by atoms with Crippen LogP contribution in [0.15, 0.2) is 47.8 Å². The summed E-state index contributed by atoms with van der Waals surface area (Å²) in [7, 11) is 0. The molecule has 8 nitrogen and oxygen atoms in total. The lowest BCUT2D eigenvalue weighted by molar-refractivity contribution is -0.388. The molecule has 0 atom stereocenters. The van der Waals surface area contributed by atoms with Crippen molar-refractivity contribution >= 4 is 33.5 Å². The standard InChI is InChI=1S/C16H9F3N4O4S/c17-16(18,19)12-7-10(4-5-14(12)23(26)27)20-15-21-13(8-28-15)9-2-1-3-11(6-9)22(24)25/h1-8H,(H,20,21). The maximum atomic E-state index is 13.1. The van der Waals surface area contributed by atoms with Crippen LogP contribution in [0.1, 0.15) is 5.56 Å². The normalized spacial score (nSPS) is 11.2. The van der Waals surface area contributed by atoms with E-state index in [1.807, 2.05) is 0 Å². The summed E-state index contributed by atoms with van der Waals surface area (Å²) in [5.41, 5.74) is -1.71. The van der Waals surface area contributed by atoms with E-state index in [1.165, 1.54) is 18.2 Å². The molecule has 0 unspecified atom stereocenters.